The molecule has 0 aliphatic carbocycles. The zero-order chi connectivity index (χ0) is 17.0. The van der Waals surface area contributed by atoms with E-state index in [0.717, 1.165) is 22.6 Å². The Bertz CT molecular complexity index is 640. The SMILES string of the molecule is COc1ccc(C(NC(=O)Cc2c(C)noc2C)C(C)C)cc1. The van der Waals surface area contributed by atoms with Crippen molar-refractivity contribution in [3.05, 3.63) is 46.8 Å². The Morgan fingerprint density at radius 3 is 2.39 bits per heavy atom. The quantitative estimate of drug-likeness (QED) is 0.887. The van der Waals surface area contributed by atoms with Gasteiger partial charge in [0.15, 0.2) is 0 Å². The second-order valence-electron chi connectivity index (χ2n) is 6.04. The van der Waals surface area contributed by atoms with Crippen molar-refractivity contribution in [3.63, 3.8) is 0 Å². The summed E-state index contributed by atoms with van der Waals surface area (Å²) in [7, 11) is 1.64. The van der Waals surface area contributed by atoms with Gasteiger partial charge in [-0.25, -0.2) is 0 Å². The Hall–Kier alpha value is -2.30. The van der Waals surface area contributed by atoms with Gasteiger partial charge in [-0.05, 0) is 37.5 Å². The fourth-order valence-corrected chi connectivity index (χ4v) is 2.59. The molecule has 1 amide bonds. The first-order valence-electron chi connectivity index (χ1n) is 7.77. The lowest BCUT2D eigenvalue weighted by Gasteiger charge is -2.23. The molecule has 2 aromatic rings. The zero-order valence-corrected chi connectivity index (χ0v) is 14.3. The number of rotatable bonds is 6. The van der Waals surface area contributed by atoms with Gasteiger partial charge in [0.1, 0.15) is 11.5 Å². The third-order valence-corrected chi connectivity index (χ3v) is 3.98. The number of aryl methyl sites for hydroxylation is 2. The molecule has 0 spiro atoms. The zero-order valence-electron chi connectivity index (χ0n) is 14.3. The van der Waals surface area contributed by atoms with Gasteiger partial charge in [-0.3, -0.25) is 4.79 Å². The van der Waals surface area contributed by atoms with E-state index >= 15 is 0 Å². The van der Waals surface area contributed by atoms with E-state index in [1.54, 1.807) is 7.11 Å². The van der Waals surface area contributed by atoms with Crippen LogP contribution in [0, 0.1) is 19.8 Å². The minimum Gasteiger partial charge on any atom is -0.497 e. The summed E-state index contributed by atoms with van der Waals surface area (Å²) in [6, 6.07) is 7.74. The third kappa shape index (κ3) is 4.12. The van der Waals surface area contributed by atoms with Crippen molar-refractivity contribution >= 4 is 5.91 Å². The second kappa shape index (κ2) is 7.31. The third-order valence-electron chi connectivity index (χ3n) is 3.98. The van der Waals surface area contributed by atoms with Gasteiger partial charge in [-0.15, -0.1) is 0 Å². The average Bonchev–Trinajstić information content (AvgIpc) is 2.84. The van der Waals surface area contributed by atoms with E-state index < -0.39 is 0 Å². The highest BCUT2D eigenvalue weighted by Crippen LogP contribution is 2.24. The Balaban J connectivity index is 2.11. The van der Waals surface area contributed by atoms with Gasteiger partial charge in [0.05, 0.1) is 25.3 Å². The number of methoxy groups -OCH3 is 1. The van der Waals surface area contributed by atoms with Crippen LogP contribution in [0.25, 0.3) is 0 Å². The molecule has 124 valence electrons. The van der Waals surface area contributed by atoms with E-state index in [9.17, 15) is 4.79 Å². The summed E-state index contributed by atoms with van der Waals surface area (Å²) in [5, 5.41) is 7.01. The summed E-state index contributed by atoms with van der Waals surface area (Å²) in [6.45, 7) is 7.85. The van der Waals surface area contributed by atoms with Crippen molar-refractivity contribution in [2.75, 3.05) is 7.11 Å². The minimum atomic E-state index is -0.0473. The van der Waals surface area contributed by atoms with E-state index in [2.05, 4.69) is 24.3 Å². The maximum Gasteiger partial charge on any atom is 0.225 e. The Labute approximate surface area is 137 Å². The summed E-state index contributed by atoms with van der Waals surface area (Å²) in [6.07, 6.45) is 0.278. The van der Waals surface area contributed by atoms with E-state index in [1.807, 2.05) is 38.1 Å². The fourth-order valence-electron chi connectivity index (χ4n) is 2.59. The van der Waals surface area contributed by atoms with Gasteiger partial charge < -0.3 is 14.6 Å². The van der Waals surface area contributed by atoms with Crippen molar-refractivity contribution < 1.29 is 14.1 Å². The summed E-state index contributed by atoms with van der Waals surface area (Å²) < 4.78 is 10.3. The molecule has 1 unspecified atom stereocenters. The minimum absolute atomic E-state index is 0.0334. The highest BCUT2D eigenvalue weighted by atomic mass is 16.5. The molecule has 1 heterocycles. The van der Waals surface area contributed by atoms with Crippen LogP contribution in [0.3, 0.4) is 0 Å². The van der Waals surface area contributed by atoms with Crippen LogP contribution >= 0.6 is 0 Å². The molecule has 0 bridgehead atoms. The summed E-state index contributed by atoms with van der Waals surface area (Å²) in [5.74, 6) is 1.74. The number of hydrogen-bond donors (Lipinski definition) is 1. The summed E-state index contributed by atoms with van der Waals surface area (Å²) >= 11 is 0. The topological polar surface area (TPSA) is 64.4 Å². The maximum atomic E-state index is 12.4. The van der Waals surface area contributed by atoms with Gasteiger partial charge in [-0.1, -0.05) is 31.1 Å². The lowest BCUT2D eigenvalue weighted by atomic mass is 9.95. The van der Waals surface area contributed by atoms with Gasteiger partial charge in [-0.2, -0.15) is 0 Å². The molecular formula is C18H24N2O3. The lowest BCUT2D eigenvalue weighted by molar-refractivity contribution is -0.121. The molecule has 1 atom stereocenters. The van der Waals surface area contributed by atoms with Crippen molar-refractivity contribution in [2.24, 2.45) is 5.92 Å². The van der Waals surface area contributed by atoms with Crippen molar-refractivity contribution in [1.82, 2.24) is 10.5 Å². The number of carbonyl (C=O) groups is 1. The first kappa shape index (κ1) is 17.1. The number of amides is 1. The molecule has 1 aromatic heterocycles. The standard InChI is InChI=1S/C18H24N2O3/c1-11(2)18(14-6-8-15(22-5)9-7-14)19-17(21)10-16-12(3)20-23-13(16)4/h6-9,11,18H,10H2,1-5H3,(H,19,21). The van der Waals surface area contributed by atoms with Crippen molar-refractivity contribution in [3.8, 4) is 5.75 Å². The van der Waals surface area contributed by atoms with Gasteiger partial charge in [0.2, 0.25) is 5.91 Å². The average molecular weight is 316 g/mol. The first-order valence-corrected chi connectivity index (χ1v) is 7.77. The number of hydrogen-bond acceptors (Lipinski definition) is 4. The van der Waals surface area contributed by atoms with Crippen LogP contribution in [0.1, 0.15) is 42.5 Å². The van der Waals surface area contributed by atoms with Crippen LogP contribution in [-0.4, -0.2) is 18.2 Å². The van der Waals surface area contributed by atoms with Crippen LogP contribution in [0.15, 0.2) is 28.8 Å². The molecule has 2 rings (SSSR count). The van der Waals surface area contributed by atoms with Crippen LogP contribution in [-0.2, 0) is 11.2 Å². The smallest absolute Gasteiger partial charge is 0.225 e. The molecule has 5 nitrogen and oxygen atoms in total. The highest BCUT2D eigenvalue weighted by molar-refractivity contribution is 5.79. The molecule has 0 saturated carbocycles. The molecule has 1 N–H and O–H groups in total. The number of nitrogens with one attached hydrogen (secondary N) is 1. The number of nitrogens with zero attached hydrogens (tertiary/aromatic N) is 1. The lowest BCUT2D eigenvalue weighted by Crippen LogP contribution is -2.33. The van der Waals surface area contributed by atoms with Crippen molar-refractivity contribution in [1.29, 1.82) is 0 Å². The predicted molar refractivity (Wildman–Crippen MR) is 88.4 cm³/mol. The molecule has 0 aliphatic rings. The number of benzene rings is 1. The van der Waals surface area contributed by atoms with Gasteiger partial charge >= 0.3 is 0 Å². The molecule has 1 aromatic carbocycles. The highest BCUT2D eigenvalue weighted by Gasteiger charge is 2.20. The van der Waals surface area contributed by atoms with Crippen LogP contribution in [0.4, 0.5) is 0 Å². The largest absolute Gasteiger partial charge is 0.497 e. The molecular weight excluding hydrogens is 292 g/mol. The van der Waals surface area contributed by atoms with Crippen LogP contribution in [0.5, 0.6) is 5.75 Å². The molecule has 0 saturated heterocycles. The van der Waals surface area contributed by atoms with Gasteiger partial charge in [0.25, 0.3) is 0 Å². The number of aromatic nitrogens is 1. The normalized spacial score (nSPS) is 12.3. The monoisotopic (exact) mass is 316 g/mol. The molecule has 5 heteroatoms. The summed E-state index contributed by atoms with van der Waals surface area (Å²) in [5.41, 5.74) is 2.69. The van der Waals surface area contributed by atoms with E-state index in [0.29, 0.717) is 5.76 Å². The van der Waals surface area contributed by atoms with Crippen LogP contribution in [0.2, 0.25) is 0 Å². The number of ether oxygens (including phenoxy) is 1. The molecule has 0 fully saturated rings. The first-order chi connectivity index (χ1) is 10.9. The Morgan fingerprint density at radius 2 is 1.91 bits per heavy atom. The fraction of sp³-hybridized carbons (Fsp3) is 0.444. The van der Waals surface area contributed by atoms with E-state index in [1.165, 1.54) is 0 Å². The van der Waals surface area contributed by atoms with E-state index in [-0.39, 0.29) is 24.3 Å². The van der Waals surface area contributed by atoms with Gasteiger partial charge in [0, 0.05) is 5.56 Å². The maximum absolute atomic E-state index is 12.4. The Kier molecular flexibility index (Phi) is 5.42. The summed E-state index contributed by atoms with van der Waals surface area (Å²) in [4.78, 5) is 12.4. The second-order valence-corrected chi connectivity index (χ2v) is 6.04. The number of carbonyl (C=O) groups excluding carboxylic acids is 1. The predicted octanol–water partition coefficient (Wildman–Crippen LogP) is 3.36. The Morgan fingerprint density at radius 1 is 1.26 bits per heavy atom. The van der Waals surface area contributed by atoms with Crippen LogP contribution < -0.4 is 10.1 Å². The van der Waals surface area contributed by atoms with Crippen molar-refractivity contribution in [2.45, 2.75) is 40.2 Å². The molecule has 23 heavy (non-hydrogen) atoms. The molecule has 0 aliphatic heterocycles. The van der Waals surface area contributed by atoms with E-state index in [4.69, 9.17) is 9.26 Å². The molecule has 0 radical (unpaired) electrons.